The van der Waals surface area contributed by atoms with Gasteiger partial charge in [-0.2, -0.15) is 0 Å². The minimum absolute atomic E-state index is 0.0000871. The van der Waals surface area contributed by atoms with Crippen LogP contribution in [0.3, 0.4) is 0 Å². The van der Waals surface area contributed by atoms with Crippen LogP contribution < -0.4 is 0 Å². The first kappa shape index (κ1) is 17.1. The summed E-state index contributed by atoms with van der Waals surface area (Å²) in [6, 6.07) is 0. The third-order valence-electron chi connectivity index (χ3n) is 3.42. The van der Waals surface area contributed by atoms with Crippen LogP contribution in [0.2, 0.25) is 0 Å². The van der Waals surface area contributed by atoms with E-state index in [1.165, 1.54) is 6.08 Å². The number of aromatic nitrogens is 1. The van der Waals surface area contributed by atoms with E-state index in [9.17, 15) is 13.2 Å². The van der Waals surface area contributed by atoms with Gasteiger partial charge in [-0.05, 0) is 12.5 Å². The average molecular weight is 342 g/mol. The number of rotatable bonds is 2. The molecule has 1 amide bonds. The Bertz CT molecular complexity index is 669. The third-order valence-corrected chi connectivity index (χ3v) is 6.53. The van der Waals surface area contributed by atoms with Crippen LogP contribution >= 0.6 is 11.3 Å². The SMILES string of the molecule is CC(C)(C)c1ncc(/C=C\C(=O)N2CCCS(=O)(=O)CC2)s1. The maximum atomic E-state index is 12.2. The Morgan fingerprint density at radius 3 is 2.68 bits per heavy atom. The van der Waals surface area contributed by atoms with Crippen molar-refractivity contribution >= 4 is 33.2 Å². The van der Waals surface area contributed by atoms with E-state index in [2.05, 4.69) is 25.8 Å². The predicted octanol–water partition coefficient (Wildman–Crippen LogP) is 2.10. The highest BCUT2D eigenvalue weighted by Crippen LogP contribution is 2.27. The molecule has 0 spiro atoms. The van der Waals surface area contributed by atoms with Crippen LogP contribution in [0, 0.1) is 0 Å². The lowest BCUT2D eigenvalue weighted by molar-refractivity contribution is -0.125. The van der Waals surface area contributed by atoms with Crippen molar-refractivity contribution in [1.82, 2.24) is 9.88 Å². The topological polar surface area (TPSA) is 67.3 Å². The number of carbonyl (C=O) groups excluding carboxylic acids is 1. The first-order chi connectivity index (χ1) is 10.2. The number of sulfone groups is 1. The highest BCUT2D eigenvalue weighted by atomic mass is 32.2. The summed E-state index contributed by atoms with van der Waals surface area (Å²) in [4.78, 5) is 19.1. The second-order valence-electron chi connectivity index (χ2n) is 6.48. The van der Waals surface area contributed by atoms with Crippen molar-refractivity contribution in [3.8, 4) is 0 Å². The van der Waals surface area contributed by atoms with Crippen molar-refractivity contribution in [2.45, 2.75) is 32.6 Å². The molecule has 1 aromatic heterocycles. The molecular weight excluding hydrogens is 320 g/mol. The fourth-order valence-corrected chi connectivity index (χ4v) is 4.28. The molecule has 22 heavy (non-hydrogen) atoms. The number of nitrogens with zero attached hydrogens (tertiary/aromatic N) is 2. The van der Waals surface area contributed by atoms with Crippen LogP contribution in [0.15, 0.2) is 12.3 Å². The Labute approximate surface area is 136 Å². The zero-order chi connectivity index (χ0) is 16.4. The smallest absolute Gasteiger partial charge is 0.246 e. The van der Waals surface area contributed by atoms with E-state index in [0.717, 1.165) is 9.88 Å². The molecule has 0 saturated carbocycles. The van der Waals surface area contributed by atoms with Crippen molar-refractivity contribution < 1.29 is 13.2 Å². The second-order valence-corrected chi connectivity index (χ2v) is 9.85. The molecule has 122 valence electrons. The molecule has 2 heterocycles. The van der Waals surface area contributed by atoms with Crippen molar-refractivity contribution in [3.05, 3.63) is 22.2 Å². The average Bonchev–Trinajstić information content (AvgIpc) is 2.81. The van der Waals surface area contributed by atoms with Gasteiger partial charge in [-0.3, -0.25) is 4.79 Å². The minimum atomic E-state index is -2.99. The van der Waals surface area contributed by atoms with Crippen LogP contribution in [0.4, 0.5) is 0 Å². The fraction of sp³-hybridized carbons (Fsp3) is 0.600. The van der Waals surface area contributed by atoms with Gasteiger partial charge in [0, 0.05) is 35.7 Å². The molecule has 1 fully saturated rings. The summed E-state index contributed by atoms with van der Waals surface area (Å²) < 4.78 is 23.1. The van der Waals surface area contributed by atoms with Crippen LogP contribution in [0.5, 0.6) is 0 Å². The zero-order valence-electron chi connectivity index (χ0n) is 13.2. The van der Waals surface area contributed by atoms with Gasteiger partial charge in [0.15, 0.2) is 9.84 Å². The summed E-state index contributed by atoms with van der Waals surface area (Å²) in [5.41, 5.74) is -0.0000871. The molecule has 0 N–H and O–H groups in total. The monoisotopic (exact) mass is 342 g/mol. The number of amides is 1. The second kappa shape index (κ2) is 6.50. The molecule has 1 saturated heterocycles. The molecule has 1 aliphatic heterocycles. The van der Waals surface area contributed by atoms with Gasteiger partial charge in [-0.15, -0.1) is 11.3 Å². The lowest BCUT2D eigenvalue weighted by Crippen LogP contribution is -2.32. The van der Waals surface area contributed by atoms with Gasteiger partial charge >= 0.3 is 0 Å². The summed E-state index contributed by atoms with van der Waals surface area (Å²) in [6.45, 7) is 7.08. The number of hydrogen-bond acceptors (Lipinski definition) is 5. The number of hydrogen-bond donors (Lipinski definition) is 0. The molecule has 2 rings (SSSR count). The first-order valence-corrected chi connectivity index (χ1v) is 9.95. The van der Waals surface area contributed by atoms with Gasteiger partial charge in [0.1, 0.15) is 0 Å². The fourth-order valence-electron chi connectivity index (χ4n) is 2.13. The molecule has 0 radical (unpaired) electrons. The summed E-state index contributed by atoms with van der Waals surface area (Å²) in [5, 5.41) is 1.03. The number of thiazole rings is 1. The standard InChI is InChI=1S/C15H22N2O3S2/c1-15(2,3)14-16-11-12(21-14)5-6-13(18)17-7-4-9-22(19,20)10-8-17/h5-6,11H,4,7-10H2,1-3H3/b6-5-. The van der Waals surface area contributed by atoms with Crippen LogP contribution in [0.1, 0.15) is 37.1 Å². The van der Waals surface area contributed by atoms with Gasteiger partial charge in [0.05, 0.1) is 16.5 Å². The lowest BCUT2D eigenvalue weighted by atomic mass is 9.98. The van der Waals surface area contributed by atoms with Crippen molar-refractivity contribution in [1.29, 1.82) is 0 Å². The molecule has 0 aliphatic carbocycles. The molecule has 0 aromatic carbocycles. The first-order valence-electron chi connectivity index (χ1n) is 7.31. The van der Waals surface area contributed by atoms with E-state index < -0.39 is 9.84 Å². The molecule has 1 aliphatic rings. The van der Waals surface area contributed by atoms with Gasteiger partial charge in [-0.1, -0.05) is 20.8 Å². The molecule has 0 bridgehead atoms. The van der Waals surface area contributed by atoms with Crippen LogP contribution in [0.25, 0.3) is 6.08 Å². The van der Waals surface area contributed by atoms with E-state index in [-0.39, 0.29) is 29.4 Å². The summed E-state index contributed by atoms with van der Waals surface area (Å²) >= 11 is 1.57. The third kappa shape index (κ3) is 4.64. The molecule has 7 heteroatoms. The van der Waals surface area contributed by atoms with E-state index >= 15 is 0 Å². The Morgan fingerprint density at radius 1 is 1.32 bits per heavy atom. The van der Waals surface area contributed by atoms with E-state index in [0.29, 0.717) is 13.0 Å². The summed E-state index contributed by atoms with van der Waals surface area (Å²) in [7, 11) is -2.99. The quantitative estimate of drug-likeness (QED) is 0.772. The molecule has 1 aromatic rings. The maximum absolute atomic E-state index is 12.2. The normalized spacial score (nSPS) is 19.3. The Kier molecular flexibility index (Phi) is 5.07. The largest absolute Gasteiger partial charge is 0.338 e. The van der Waals surface area contributed by atoms with Gasteiger partial charge in [0.2, 0.25) is 5.91 Å². The van der Waals surface area contributed by atoms with E-state index in [1.54, 1.807) is 28.5 Å². The summed E-state index contributed by atoms with van der Waals surface area (Å²) in [6.07, 6.45) is 5.55. The van der Waals surface area contributed by atoms with Crippen molar-refractivity contribution in [2.75, 3.05) is 24.6 Å². The van der Waals surface area contributed by atoms with E-state index in [4.69, 9.17) is 0 Å². The van der Waals surface area contributed by atoms with E-state index in [1.807, 2.05) is 0 Å². The minimum Gasteiger partial charge on any atom is -0.338 e. The van der Waals surface area contributed by atoms with Gasteiger partial charge < -0.3 is 4.90 Å². The van der Waals surface area contributed by atoms with Crippen molar-refractivity contribution in [2.24, 2.45) is 0 Å². The summed E-state index contributed by atoms with van der Waals surface area (Å²) in [5.74, 6) is 0.0915. The van der Waals surface area contributed by atoms with Crippen LogP contribution in [-0.2, 0) is 20.0 Å². The van der Waals surface area contributed by atoms with Gasteiger partial charge in [-0.25, -0.2) is 13.4 Å². The maximum Gasteiger partial charge on any atom is 0.246 e. The Balaban J connectivity index is 2.01. The molecule has 5 nitrogen and oxygen atoms in total. The van der Waals surface area contributed by atoms with Crippen LogP contribution in [-0.4, -0.2) is 48.8 Å². The number of carbonyl (C=O) groups is 1. The zero-order valence-corrected chi connectivity index (χ0v) is 14.8. The highest BCUT2D eigenvalue weighted by Gasteiger charge is 2.21. The molecule has 0 unspecified atom stereocenters. The Morgan fingerprint density at radius 2 is 2.05 bits per heavy atom. The predicted molar refractivity (Wildman–Crippen MR) is 89.7 cm³/mol. The lowest BCUT2D eigenvalue weighted by Gasteiger charge is -2.17. The highest BCUT2D eigenvalue weighted by molar-refractivity contribution is 7.91. The molecule has 0 atom stereocenters. The Hall–Kier alpha value is -1.21. The van der Waals surface area contributed by atoms with Crippen molar-refractivity contribution in [3.63, 3.8) is 0 Å². The van der Waals surface area contributed by atoms with Gasteiger partial charge in [0.25, 0.3) is 0 Å². The molecular formula is C15H22N2O3S2.